The summed E-state index contributed by atoms with van der Waals surface area (Å²) < 4.78 is 7.71. The van der Waals surface area contributed by atoms with Gasteiger partial charge in [0.15, 0.2) is 5.76 Å². The minimum atomic E-state index is 0.489. The largest absolute Gasteiger partial charge is 0.452 e. The fourth-order valence-electron chi connectivity index (χ4n) is 2.89. The number of benzene rings is 2. The fraction of sp³-hybridized carbons (Fsp3) is 0.0556. The van der Waals surface area contributed by atoms with Gasteiger partial charge in [-0.3, -0.25) is 0 Å². The highest BCUT2D eigenvalue weighted by Crippen LogP contribution is 2.35. The Balaban J connectivity index is 1.68. The van der Waals surface area contributed by atoms with Crippen molar-refractivity contribution in [2.45, 2.75) is 6.92 Å². The summed E-state index contributed by atoms with van der Waals surface area (Å²) in [5, 5.41) is 16.0. The number of aromatic nitrogens is 4. The lowest BCUT2D eigenvalue weighted by Crippen LogP contribution is -1.91. The summed E-state index contributed by atoms with van der Waals surface area (Å²) in [4.78, 5) is 0.681. The monoisotopic (exact) mass is 400 g/mol. The van der Waals surface area contributed by atoms with Crippen LogP contribution in [0.3, 0.4) is 0 Å². The quantitative estimate of drug-likeness (QED) is 0.371. The molecule has 0 N–H and O–H groups in total. The summed E-state index contributed by atoms with van der Waals surface area (Å²) in [5.41, 5.74) is 2.71. The molecule has 0 spiro atoms. The van der Waals surface area contributed by atoms with Crippen molar-refractivity contribution in [2.75, 3.05) is 0 Å². The highest BCUT2D eigenvalue weighted by Gasteiger charge is 2.20. The molecule has 5 aromatic rings. The van der Waals surface area contributed by atoms with Gasteiger partial charge in [0.2, 0.25) is 10.8 Å². The number of para-hydroxylation sites is 1. The number of fused-ring (bicyclic) bond motifs is 2. The number of rotatable bonds is 2. The van der Waals surface area contributed by atoms with E-state index in [0.717, 1.165) is 27.1 Å². The van der Waals surface area contributed by atoms with E-state index in [1.807, 2.05) is 37.3 Å². The Morgan fingerprint density at radius 3 is 2.69 bits per heavy atom. The molecule has 0 fully saturated rings. The van der Waals surface area contributed by atoms with E-state index < -0.39 is 0 Å². The first kappa shape index (κ1) is 15.8. The minimum absolute atomic E-state index is 0.489. The maximum atomic E-state index is 6.12. The molecule has 0 amide bonds. The third-order valence-corrected chi connectivity index (χ3v) is 5.89. The van der Waals surface area contributed by atoms with E-state index in [0.29, 0.717) is 26.6 Å². The summed E-state index contributed by atoms with van der Waals surface area (Å²) in [5.74, 6) is 1.25. The van der Waals surface area contributed by atoms with Crippen LogP contribution in [-0.4, -0.2) is 19.8 Å². The van der Waals surface area contributed by atoms with Crippen molar-refractivity contribution in [2.24, 2.45) is 0 Å². The number of hydrogen-bond acceptors (Lipinski definition) is 5. The number of furan rings is 1. The number of aryl methyl sites for hydroxylation is 1. The van der Waals surface area contributed by atoms with E-state index in [1.165, 1.54) is 11.3 Å². The smallest absolute Gasteiger partial charge is 0.235 e. The summed E-state index contributed by atoms with van der Waals surface area (Å²) in [6.45, 7) is 2.01. The lowest BCUT2D eigenvalue weighted by molar-refractivity contribution is 0.619. The zero-order chi connectivity index (χ0) is 17.8. The summed E-state index contributed by atoms with van der Waals surface area (Å²) in [7, 11) is 0. The third-order valence-electron chi connectivity index (χ3n) is 4.20. The topological polar surface area (TPSA) is 56.2 Å². The predicted molar refractivity (Wildman–Crippen MR) is 104 cm³/mol. The van der Waals surface area contributed by atoms with Crippen molar-refractivity contribution >= 4 is 50.5 Å². The minimum Gasteiger partial charge on any atom is -0.452 e. The average Bonchev–Trinajstić information content (AvgIpc) is 3.31. The maximum Gasteiger partial charge on any atom is 0.235 e. The Labute approximate surface area is 161 Å². The first-order valence-corrected chi connectivity index (χ1v) is 9.35. The molecule has 0 aliphatic carbocycles. The molecule has 0 saturated carbocycles. The lowest BCUT2D eigenvalue weighted by atomic mass is 10.1. The molecule has 0 aliphatic heterocycles. The van der Waals surface area contributed by atoms with Crippen molar-refractivity contribution in [3.63, 3.8) is 0 Å². The zero-order valence-electron chi connectivity index (χ0n) is 13.4. The van der Waals surface area contributed by atoms with Crippen LogP contribution in [0.2, 0.25) is 10.0 Å². The molecule has 8 heteroatoms. The maximum absolute atomic E-state index is 6.12. The van der Waals surface area contributed by atoms with Crippen LogP contribution in [0.4, 0.5) is 0 Å². The first-order chi connectivity index (χ1) is 12.6. The highest BCUT2D eigenvalue weighted by molar-refractivity contribution is 7.19. The van der Waals surface area contributed by atoms with E-state index in [1.54, 1.807) is 16.6 Å². The van der Waals surface area contributed by atoms with E-state index in [9.17, 15) is 0 Å². The van der Waals surface area contributed by atoms with Crippen molar-refractivity contribution in [1.29, 1.82) is 0 Å². The van der Waals surface area contributed by atoms with Crippen LogP contribution in [0.1, 0.15) is 5.56 Å². The molecule has 0 saturated heterocycles. The van der Waals surface area contributed by atoms with Crippen LogP contribution >= 0.6 is 34.5 Å². The molecule has 3 aromatic heterocycles. The second-order valence-corrected chi connectivity index (χ2v) is 7.58. The Morgan fingerprint density at radius 1 is 1.04 bits per heavy atom. The van der Waals surface area contributed by atoms with Gasteiger partial charge in [-0.1, -0.05) is 58.8 Å². The lowest BCUT2D eigenvalue weighted by Gasteiger charge is -1.98. The molecule has 5 rings (SSSR count). The standard InChI is InChI=1S/C18H10Cl2N4OS/c1-9-11-4-2-3-5-14(11)25-15(9)16-21-22-18-24(16)23-17(26-18)10-6-7-12(19)13(20)8-10/h2-8H,1H3. The Hall–Kier alpha value is -2.41. The molecule has 0 unspecified atom stereocenters. The van der Waals surface area contributed by atoms with Gasteiger partial charge >= 0.3 is 0 Å². The molecule has 5 nitrogen and oxygen atoms in total. The van der Waals surface area contributed by atoms with Gasteiger partial charge in [-0.05, 0) is 25.1 Å². The van der Waals surface area contributed by atoms with Crippen molar-refractivity contribution in [3.8, 4) is 22.2 Å². The van der Waals surface area contributed by atoms with Gasteiger partial charge in [-0.25, -0.2) is 0 Å². The van der Waals surface area contributed by atoms with Crippen molar-refractivity contribution in [3.05, 3.63) is 58.1 Å². The number of nitrogens with zero attached hydrogens (tertiary/aromatic N) is 4. The predicted octanol–water partition coefficient (Wildman–Crippen LogP) is 5.88. The Bertz CT molecular complexity index is 1290. The first-order valence-electron chi connectivity index (χ1n) is 7.78. The molecule has 0 radical (unpaired) electrons. The number of halogens is 2. The highest BCUT2D eigenvalue weighted by atomic mass is 35.5. The van der Waals surface area contributed by atoms with E-state index in [2.05, 4.69) is 15.3 Å². The Kier molecular flexibility index (Phi) is 3.53. The van der Waals surface area contributed by atoms with Crippen LogP contribution in [0, 0.1) is 6.92 Å². The SMILES string of the molecule is Cc1c(-c2nnc3sc(-c4ccc(Cl)c(Cl)c4)nn23)oc2ccccc12. The summed E-state index contributed by atoms with van der Waals surface area (Å²) >= 11 is 13.6. The van der Waals surface area contributed by atoms with Gasteiger partial charge in [-0.2, -0.15) is 9.61 Å². The van der Waals surface area contributed by atoms with Crippen LogP contribution in [0.15, 0.2) is 46.9 Å². The van der Waals surface area contributed by atoms with E-state index >= 15 is 0 Å². The molecule has 128 valence electrons. The van der Waals surface area contributed by atoms with Crippen LogP contribution in [0.25, 0.3) is 38.1 Å². The average molecular weight is 401 g/mol. The van der Waals surface area contributed by atoms with Crippen LogP contribution in [-0.2, 0) is 0 Å². The molecular formula is C18H10Cl2N4OS. The van der Waals surface area contributed by atoms with Crippen LogP contribution < -0.4 is 0 Å². The molecular weight excluding hydrogens is 391 g/mol. The number of hydrogen-bond donors (Lipinski definition) is 0. The molecule has 0 bridgehead atoms. The fourth-order valence-corrected chi connectivity index (χ4v) is 4.03. The van der Waals surface area contributed by atoms with Gasteiger partial charge in [0, 0.05) is 16.5 Å². The zero-order valence-corrected chi connectivity index (χ0v) is 15.7. The van der Waals surface area contributed by atoms with Gasteiger partial charge in [-0.15, -0.1) is 10.2 Å². The Morgan fingerprint density at radius 2 is 1.88 bits per heavy atom. The second-order valence-electron chi connectivity index (χ2n) is 5.81. The van der Waals surface area contributed by atoms with Gasteiger partial charge in [0.05, 0.1) is 10.0 Å². The molecule has 26 heavy (non-hydrogen) atoms. The normalized spacial score (nSPS) is 11.7. The third kappa shape index (κ3) is 2.34. The molecule has 0 atom stereocenters. The van der Waals surface area contributed by atoms with E-state index in [4.69, 9.17) is 27.6 Å². The van der Waals surface area contributed by atoms with E-state index in [-0.39, 0.29) is 0 Å². The summed E-state index contributed by atoms with van der Waals surface area (Å²) in [6.07, 6.45) is 0. The van der Waals surface area contributed by atoms with Crippen molar-refractivity contribution in [1.82, 2.24) is 19.8 Å². The summed E-state index contributed by atoms with van der Waals surface area (Å²) in [6, 6.07) is 13.3. The molecule has 2 aromatic carbocycles. The molecule has 3 heterocycles. The molecule has 0 aliphatic rings. The second kappa shape index (κ2) is 5.81. The van der Waals surface area contributed by atoms with Crippen LogP contribution in [0.5, 0.6) is 0 Å². The van der Waals surface area contributed by atoms with Gasteiger partial charge in [0.1, 0.15) is 10.6 Å². The van der Waals surface area contributed by atoms with Gasteiger partial charge < -0.3 is 4.42 Å². The van der Waals surface area contributed by atoms with Gasteiger partial charge in [0.25, 0.3) is 0 Å². The van der Waals surface area contributed by atoms with Crippen molar-refractivity contribution < 1.29 is 4.42 Å².